The number of nitrogens with one attached hydrogen (secondary N) is 1. The fourth-order valence-corrected chi connectivity index (χ4v) is 3.02. The van der Waals surface area contributed by atoms with Gasteiger partial charge in [0.15, 0.2) is 0 Å². The van der Waals surface area contributed by atoms with Crippen LogP contribution >= 0.6 is 0 Å². The van der Waals surface area contributed by atoms with Crippen molar-refractivity contribution in [3.05, 3.63) is 101 Å². The molecular weight excluding hydrogens is 366 g/mol. The second-order valence-corrected chi connectivity index (χ2v) is 6.39. The van der Waals surface area contributed by atoms with Crippen LogP contribution in [0.2, 0.25) is 0 Å². The van der Waals surface area contributed by atoms with E-state index < -0.39 is 5.97 Å². The number of benzene rings is 3. The molecule has 0 saturated carbocycles. The number of ether oxygens (including phenoxy) is 2. The maximum atomic E-state index is 12.9. The predicted molar refractivity (Wildman–Crippen MR) is 111 cm³/mol. The molecule has 1 N–H and O–H groups in total. The molecular formula is C24H23NO4. The first kappa shape index (κ1) is 20.1. The molecule has 148 valence electrons. The molecule has 1 unspecified atom stereocenters. The molecule has 0 radical (unpaired) electrons. The quantitative estimate of drug-likeness (QED) is 0.609. The van der Waals surface area contributed by atoms with Crippen molar-refractivity contribution in [1.82, 2.24) is 5.32 Å². The van der Waals surface area contributed by atoms with Gasteiger partial charge in [-0.25, -0.2) is 4.79 Å². The number of methoxy groups -OCH3 is 1. The number of hydrogen-bond donors (Lipinski definition) is 1. The van der Waals surface area contributed by atoms with Crippen molar-refractivity contribution in [3.63, 3.8) is 0 Å². The first-order valence-corrected chi connectivity index (χ1v) is 9.39. The first-order chi connectivity index (χ1) is 14.1. The highest BCUT2D eigenvalue weighted by molar-refractivity contribution is 5.96. The monoisotopic (exact) mass is 389 g/mol. The molecule has 0 bridgehead atoms. The van der Waals surface area contributed by atoms with Crippen LogP contribution in [0.3, 0.4) is 0 Å². The van der Waals surface area contributed by atoms with Gasteiger partial charge in [0.25, 0.3) is 5.91 Å². The number of carbonyl (C=O) groups excluding carboxylic acids is 2. The van der Waals surface area contributed by atoms with E-state index >= 15 is 0 Å². The van der Waals surface area contributed by atoms with Gasteiger partial charge in [0.05, 0.1) is 25.3 Å². The molecule has 0 aliphatic rings. The summed E-state index contributed by atoms with van der Waals surface area (Å²) in [5.41, 5.74) is 2.77. The molecule has 1 atom stereocenters. The zero-order valence-corrected chi connectivity index (χ0v) is 16.4. The Balaban J connectivity index is 1.85. The van der Waals surface area contributed by atoms with Crippen molar-refractivity contribution < 1.29 is 19.1 Å². The highest BCUT2D eigenvalue weighted by atomic mass is 16.5. The van der Waals surface area contributed by atoms with Crippen LogP contribution in [0.15, 0.2) is 78.9 Å². The van der Waals surface area contributed by atoms with E-state index in [2.05, 4.69) is 5.32 Å². The van der Waals surface area contributed by atoms with E-state index in [4.69, 9.17) is 9.47 Å². The molecule has 0 spiro atoms. The lowest BCUT2D eigenvalue weighted by atomic mass is 9.98. The average molecular weight is 389 g/mol. The largest absolute Gasteiger partial charge is 0.494 e. The molecule has 0 aliphatic carbocycles. The molecule has 3 aromatic rings. The fourth-order valence-electron chi connectivity index (χ4n) is 3.02. The zero-order valence-electron chi connectivity index (χ0n) is 16.4. The van der Waals surface area contributed by atoms with Gasteiger partial charge in [-0.05, 0) is 54.4 Å². The summed E-state index contributed by atoms with van der Waals surface area (Å²) in [6.45, 7) is 2.53. The minimum absolute atomic E-state index is 0.232. The third-order valence-electron chi connectivity index (χ3n) is 4.50. The lowest BCUT2D eigenvalue weighted by Gasteiger charge is -2.20. The Hall–Kier alpha value is -3.60. The van der Waals surface area contributed by atoms with Crippen LogP contribution in [0.5, 0.6) is 5.75 Å². The Morgan fingerprint density at radius 3 is 2.00 bits per heavy atom. The van der Waals surface area contributed by atoms with E-state index in [0.29, 0.717) is 17.7 Å². The highest BCUT2D eigenvalue weighted by Crippen LogP contribution is 2.25. The number of amides is 1. The van der Waals surface area contributed by atoms with Crippen LogP contribution in [-0.4, -0.2) is 25.6 Å². The summed E-state index contributed by atoms with van der Waals surface area (Å²) >= 11 is 0. The SMILES string of the molecule is CCOc1ccc(C(NC(=O)c2ccc(C(=O)OC)cc2)c2ccccc2)cc1. The van der Waals surface area contributed by atoms with Crippen LogP contribution in [0.25, 0.3) is 0 Å². The van der Waals surface area contributed by atoms with Gasteiger partial charge in [-0.1, -0.05) is 42.5 Å². The Bertz CT molecular complexity index is 950. The summed E-state index contributed by atoms with van der Waals surface area (Å²) in [6, 6.07) is 23.5. The zero-order chi connectivity index (χ0) is 20.6. The number of esters is 1. The van der Waals surface area contributed by atoms with Gasteiger partial charge in [0.1, 0.15) is 5.75 Å². The van der Waals surface area contributed by atoms with Gasteiger partial charge in [0, 0.05) is 5.56 Å². The maximum absolute atomic E-state index is 12.9. The van der Waals surface area contributed by atoms with E-state index in [-0.39, 0.29) is 11.9 Å². The van der Waals surface area contributed by atoms with E-state index in [1.807, 2.05) is 61.5 Å². The summed E-state index contributed by atoms with van der Waals surface area (Å²) in [5, 5.41) is 3.08. The topological polar surface area (TPSA) is 64.6 Å². The normalized spacial score (nSPS) is 11.4. The van der Waals surface area contributed by atoms with Gasteiger partial charge in [-0.3, -0.25) is 4.79 Å². The Kier molecular flexibility index (Phi) is 6.63. The van der Waals surface area contributed by atoms with E-state index in [0.717, 1.165) is 16.9 Å². The van der Waals surface area contributed by atoms with Gasteiger partial charge < -0.3 is 14.8 Å². The van der Waals surface area contributed by atoms with Crippen LogP contribution in [0, 0.1) is 0 Å². The van der Waals surface area contributed by atoms with Gasteiger partial charge in [0.2, 0.25) is 0 Å². The van der Waals surface area contributed by atoms with Crippen LogP contribution in [0.4, 0.5) is 0 Å². The highest BCUT2D eigenvalue weighted by Gasteiger charge is 2.18. The van der Waals surface area contributed by atoms with E-state index in [1.165, 1.54) is 7.11 Å². The predicted octanol–water partition coefficient (Wildman–Crippen LogP) is 4.39. The minimum Gasteiger partial charge on any atom is -0.494 e. The van der Waals surface area contributed by atoms with Gasteiger partial charge in [-0.15, -0.1) is 0 Å². The molecule has 3 aromatic carbocycles. The van der Waals surface area contributed by atoms with Crippen molar-refractivity contribution >= 4 is 11.9 Å². The molecule has 29 heavy (non-hydrogen) atoms. The molecule has 0 heterocycles. The lowest BCUT2D eigenvalue weighted by Crippen LogP contribution is -2.29. The summed E-state index contributed by atoms with van der Waals surface area (Å²) in [7, 11) is 1.32. The van der Waals surface area contributed by atoms with Crippen LogP contribution in [0.1, 0.15) is 44.8 Å². The Labute approximate surface area is 170 Å². The number of carbonyl (C=O) groups is 2. The summed E-state index contributed by atoms with van der Waals surface area (Å²) in [6.07, 6.45) is 0. The molecule has 0 aliphatic heterocycles. The molecule has 3 rings (SSSR count). The number of rotatable bonds is 7. The lowest BCUT2D eigenvalue weighted by molar-refractivity contribution is 0.0600. The van der Waals surface area contributed by atoms with Crippen molar-refractivity contribution in [3.8, 4) is 5.75 Å². The average Bonchev–Trinajstić information content (AvgIpc) is 2.78. The van der Waals surface area contributed by atoms with Gasteiger partial charge >= 0.3 is 5.97 Å². The first-order valence-electron chi connectivity index (χ1n) is 9.39. The minimum atomic E-state index is -0.437. The molecule has 0 fully saturated rings. The second-order valence-electron chi connectivity index (χ2n) is 6.39. The van der Waals surface area contributed by atoms with Crippen molar-refractivity contribution in [2.24, 2.45) is 0 Å². The van der Waals surface area contributed by atoms with E-state index in [1.54, 1.807) is 24.3 Å². The van der Waals surface area contributed by atoms with E-state index in [9.17, 15) is 9.59 Å². The second kappa shape index (κ2) is 9.55. The van der Waals surface area contributed by atoms with Crippen LogP contribution < -0.4 is 10.1 Å². The standard InChI is InChI=1S/C24H23NO4/c1-3-29-21-15-13-18(14-16-21)22(17-7-5-4-6-8-17)25-23(26)19-9-11-20(12-10-19)24(27)28-2/h4-16,22H,3H2,1-2H3,(H,25,26). The third-order valence-corrected chi connectivity index (χ3v) is 4.50. The maximum Gasteiger partial charge on any atom is 0.337 e. The van der Waals surface area contributed by atoms with Crippen molar-refractivity contribution in [2.75, 3.05) is 13.7 Å². The van der Waals surface area contributed by atoms with Crippen molar-refractivity contribution in [2.45, 2.75) is 13.0 Å². The van der Waals surface area contributed by atoms with Crippen molar-refractivity contribution in [1.29, 1.82) is 0 Å². The molecule has 5 heteroatoms. The molecule has 1 amide bonds. The Morgan fingerprint density at radius 1 is 0.828 bits per heavy atom. The third kappa shape index (κ3) is 5.02. The number of hydrogen-bond acceptors (Lipinski definition) is 4. The molecule has 5 nitrogen and oxygen atoms in total. The van der Waals surface area contributed by atoms with Crippen LogP contribution in [-0.2, 0) is 4.74 Å². The fraction of sp³-hybridized carbons (Fsp3) is 0.167. The van der Waals surface area contributed by atoms with Gasteiger partial charge in [-0.2, -0.15) is 0 Å². The summed E-state index contributed by atoms with van der Waals surface area (Å²) in [4.78, 5) is 24.5. The molecule has 0 aromatic heterocycles. The summed E-state index contributed by atoms with van der Waals surface area (Å²) in [5.74, 6) is 0.116. The summed E-state index contributed by atoms with van der Waals surface area (Å²) < 4.78 is 10.2. The Morgan fingerprint density at radius 2 is 1.41 bits per heavy atom. The smallest absolute Gasteiger partial charge is 0.337 e. The molecule has 0 saturated heterocycles.